The van der Waals surface area contributed by atoms with Crippen molar-refractivity contribution in [2.75, 3.05) is 23.3 Å². The molecule has 0 spiro atoms. The molecule has 2 aliphatic rings. The number of nitrogens with zero attached hydrogens (tertiary/aromatic N) is 4. The highest BCUT2D eigenvalue weighted by Crippen LogP contribution is 2.26. The SMILES string of the molecule is O=C(O)c1ccc(Oc2cccc(Nc3cncc(N4CCCC(OC5=C(O)CCC=C5)C4)n3)n2)cc1. The second-order valence-electron chi connectivity index (χ2n) is 8.76. The lowest BCUT2D eigenvalue weighted by Crippen LogP contribution is -2.40. The summed E-state index contributed by atoms with van der Waals surface area (Å²) >= 11 is 0. The molecular formula is C27H27N5O5. The highest BCUT2D eigenvalue weighted by atomic mass is 16.5. The first-order chi connectivity index (χ1) is 18.0. The van der Waals surface area contributed by atoms with Crippen molar-refractivity contribution >= 4 is 23.4 Å². The Morgan fingerprint density at radius 3 is 2.76 bits per heavy atom. The lowest BCUT2D eigenvalue weighted by Gasteiger charge is -2.34. The highest BCUT2D eigenvalue weighted by molar-refractivity contribution is 5.87. The molecule has 1 saturated heterocycles. The highest BCUT2D eigenvalue weighted by Gasteiger charge is 2.24. The van der Waals surface area contributed by atoms with E-state index in [0.717, 1.165) is 31.6 Å². The standard InChI is InChI=1S/C27H27N5O5/c33-21-6-1-2-7-22(21)36-20-5-4-14-32(17-20)25-16-28-15-24(30-25)29-23-8-3-9-26(31-23)37-19-12-10-18(11-13-19)27(34)35/h2-3,7-13,15-16,20,33H,1,4-6,14,17H2,(H,34,35)(H,29,30,31). The molecular weight excluding hydrogens is 474 g/mol. The van der Waals surface area contributed by atoms with E-state index >= 15 is 0 Å². The molecule has 37 heavy (non-hydrogen) atoms. The van der Waals surface area contributed by atoms with Gasteiger partial charge in [0.05, 0.1) is 24.5 Å². The summed E-state index contributed by atoms with van der Waals surface area (Å²) in [4.78, 5) is 26.7. The Bertz CT molecular complexity index is 1320. The van der Waals surface area contributed by atoms with Crippen molar-refractivity contribution < 1.29 is 24.5 Å². The molecule has 3 N–H and O–H groups in total. The van der Waals surface area contributed by atoms with Gasteiger partial charge in [-0.3, -0.25) is 4.98 Å². The average Bonchev–Trinajstić information content (AvgIpc) is 2.91. The maximum absolute atomic E-state index is 11.0. The number of hydrogen-bond acceptors (Lipinski definition) is 9. The molecule has 1 fully saturated rings. The fourth-order valence-electron chi connectivity index (χ4n) is 4.19. The second-order valence-corrected chi connectivity index (χ2v) is 8.76. The molecule has 0 amide bonds. The van der Waals surface area contributed by atoms with Gasteiger partial charge in [-0.15, -0.1) is 0 Å². The molecule has 0 bridgehead atoms. The zero-order valence-electron chi connectivity index (χ0n) is 20.1. The number of nitrogens with one attached hydrogen (secondary N) is 1. The van der Waals surface area contributed by atoms with Crippen LogP contribution in [0.2, 0.25) is 0 Å². The molecule has 0 radical (unpaired) electrons. The number of carboxylic acid groups (broad SMARTS) is 1. The largest absolute Gasteiger partial charge is 0.508 e. The molecule has 1 unspecified atom stereocenters. The third-order valence-corrected chi connectivity index (χ3v) is 6.02. The van der Waals surface area contributed by atoms with E-state index in [1.54, 1.807) is 42.7 Å². The van der Waals surface area contributed by atoms with Gasteiger partial charge in [-0.05, 0) is 55.7 Å². The molecule has 3 aromatic rings. The minimum atomic E-state index is -0.995. The number of carbonyl (C=O) groups is 1. The van der Waals surface area contributed by atoms with E-state index < -0.39 is 5.97 Å². The van der Waals surface area contributed by atoms with E-state index in [9.17, 15) is 9.90 Å². The van der Waals surface area contributed by atoms with Gasteiger partial charge < -0.3 is 29.9 Å². The van der Waals surface area contributed by atoms with Crippen molar-refractivity contribution in [3.63, 3.8) is 0 Å². The number of allylic oxidation sites excluding steroid dienone is 3. The van der Waals surface area contributed by atoms with Crippen LogP contribution in [0.3, 0.4) is 0 Å². The lowest BCUT2D eigenvalue weighted by molar-refractivity contribution is 0.0697. The van der Waals surface area contributed by atoms with E-state index in [4.69, 9.17) is 19.6 Å². The Morgan fingerprint density at radius 1 is 1.08 bits per heavy atom. The minimum absolute atomic E-state index is 0.0490. The number of piperidine rings is 1. The van der Waals surface area contributed by atoms with Crippen LogP contribution in [0.25, 0.3) is 0 Å². The number of benzene rings is 1. The van der Waals surface area contributed by atoms with Gasteiger partial charge in [-0.2, -0.15) is 4.98 Å². The van der Waals surface area contributed by atoms with Crippen LogP contribution >= 0.6 is 0 Å². The molecule has 5 rings (SSSR count). The Hall–Kier alpha value is -4.60. The number of hydrogen-bond donors (Lipinski definition) is 3. The lowest BCUT2D eigenvalue weighted by atomic mass is 10.1. The van der Waals surface area contributed by atoms with E-state index in [2.05, 4.69) is 20.2 Å². The predicted octanol–water partition coefficient (Wildman–Crippen LogP) is 5.21. The van der Waals surface area contributed by atoms with Gasteiger partial charge in [0.2, 0.25) is 5.88 Å². The summed E-state index contributed by atoms with van der Waals surface area (Å²) < 4.78 is 11.9. The fraction of sp³-hybridized carbons (Fsp3) is 0.259. The number of anilines is 3. The topological polar surface area (TPSA) is 130 Å². The monoisotopic (exact) mass is 501 g/mol. The van der Waals surface area contributed by atoms with Gasteiger partial charge in [-0.25, -0.2) is 9.78 Å². The van der Waals surface area contributed by atoms with Crippen LogP contribution in [0.1, 0.15) is 36.0 Å². The van der Waals surface area contributed by atoms with Gasteiger partial charge in [0.25, 0.3) is 0 Å². The zero-order valence-corrected chi connectivity index (χ0v) is 20.1. The summed E-state index contributed by atoms with van der Waals surface area (Å²) in [7, 11) is 0. The Morgan fingerprint density at radius 2 is 1.95 bits per heavy atom. The van der Waals surface area contributed by atoms with Crippen molar-refractivity contribution in [1.82, 2.24) is 15.0 Å². The molecule has 10 heteroatoms. The molecule has 190 valence electrons. The average molecular weight is 502 g/mol. The number of aromatic carboxylic acids is 1. The molecule has 1 aliphatic carbocycles. The van der Waals surface area contributed by atoms with E-state index in [1.807, 2.05) is 12.2 Å². The van der Waals surface area contributed by atoms with Gasteiger partial charge >= 0.3 is 5.97 Å². The summed E-state index contributed by atoms with van der Waals surface area (Å²) in [6.07, 6.45) is 10.4. The maximum atomic E-state index is 11.0. The van der Waals surface area contributed by atoms with Gasteiger partial charge in [0.15, 0.2) is 11.6 Å². The molecule has 10 nitrogen and oxygen atoms in total. The van der Waals surface area contributed by atoms with Crippen molar-refractivity contribution in [2.45, 2.75) is 31.8 Å². The van der Waals surface area contributed by atoms with Crippen LogP contribution in [0, 0.1) is 0 Å². The predicted molar refractivity (Wildman–Crippen MR) is 137 cm³/mol. The van der Waals surface area contributed by atoms with Crippen LogP contribution in [0.5, 0.6) is 11.6 Å². The summed E-state index contributed by atoms with van der Waals surface area (Å²) in [5.74, 6) is 2.48. The number of rotatable bonds is 8. The quantitative estimate of drug-likeness (QED) is 0.378. The maximum Gasteiger partial charge on any atom is 0.335 e. The molecule has 1 aromatic carbocycles. The first-order valence-corrected chi connectivity index (χ1v) is 12.1. The number of aliphatic hydroxyl groups is 1. The number of carboxylic acids is 1. The Balaban J connectivity index is 1.23. The first kappa shape index (κ1) is 24.1. The first-order valence-electron chi connectivity index (χ1n) is 12.1. The van der Waals surface area contributed by atoms with Crippen molar-refractivity contribution in [3.8, 4) is 11.6 Å². The van der Waals surface area contributed by atoms with E-state index in [1.165, 1.54) is 12.1 Å². The summed E-state index contributed by atoms with van der Waals surface area (Å²) in [6, 6.07) is 11.4. The van der Waals surface area contributed by atoms with Gasteiger partial charge in [0, 0.05) is 19.0 Å². The number of ether oxygens (including phenoxy) is 2. The summed E-state index contributed by atoms with van der Waals surface area (Å²) in [6.45, 7) is 1.48. The van der Waals surface area contributed by atoms with Crippen LogP contribution in [-0.2, 0) is 4.74 Å². The van der Waals surface area contributed by atoms with Crippen molar-refractivity contribution in [2.24, 2.45) is 0 Å². The van der Waals surface area contributed by atoms with Crippen LogP contribution in [0.4, 0.5) is 17.5 Å². The minimum Gasteiger partial charge on any atom is -0.508 e. The van der Waals surface area contributed by atoms with Crippen LogP contribution in [0.15, 0.2) is 78.5 Å². The third kappa shape index (κ3) is 6.16. The molecule has 3 heterocycles. The third-order valence-electron chi connectivity index (χ3n) is 6.02. The Labute approximate surface area is 213 Å². The number of aromatic nitrogens is 3. The van der Waals surface area contributed by atoms with Crippen molar-refractivity contribution in [3.05, 3.63) is 84.1 Å². The second kappa shape index (κ2) is 11.0. The van der Waals surface area contributed by atoms with E-state index in [0.29, 0.717) is 47.7 Å². The molecule has 2 aromatic heterocycles. The van der Waals surface area contributed by atoms with Crippen LogP contribution in [-0.4, -0.2) is 50.3 Å². The number of aliphatic hydroxyl groups excluding tert-OH is 1. The smallest absolute Gasteiger partial charge is 0.335 e. The molecule has 0 saturated carbocycles. The van der Waals surface area contributed by atoms with Crippen molar-refractivity contribution in [1.29, 1.82) is 0 Å². The number of pyridine rings is 1. The van der Waals surface area contributed by atoms with E-state index in [-0.39, 0.29) is 11.7 Å². The zero-order chi connectivity index (χ0) is 25.6. The van der Waals surface area contributed by atoms with Crippen LogP contribution < -0.4 is 15.0 Å². The van der Waals surface area contributed by atoms with Gasteiger partial charge in [0.1, 0.15) is 29.2 Å². The fourth-order valence-corrected chi connectivity index (χ4v) is 4.19. The molecule has 1 atom stereocenters. The summed E-state index contributed by atoms with van der Waals surface area (Å²) in [5.41, 5.74) is 0.182. The normalized spacial score (nSPS) is 17.4. The summed E-state index contributed by atoms with van der Waals surface area (Å²) in [5, 5.41) is 22.3. The Kier molecular flexibility index (Phi) is 7.16. The van der Waals surface area contributed by atoms with Gasteiger partial charge in [-0.1, -0.05) is 12.1 Å². The molecule has 1 aliphatic heterocycles.